The molecule has 0 spiro atoms. The van der Waals surface area contributed by atoms with Gasteiger partial charge in [-0.05, 0) is 0 Å². The van der Waals surface area contributed by atoms with Crippen LogP contribution in [0.1, 0.15) is 0 Å². The van der Waals surface area contributed by atoms with E-state index in [2.05, 4.69) is 42.1 Å². The number of nitrogens with zero attached hydrogens (tertiary/aromatic N) is 1. The average molecular weight is 292 g/mol. The topological polar surface area (TPSA) is 3.88 Å². The van der Waals surface area contributed by atoms with E-state index in [1.165, 1.54) is 5.52 Å². The van der Waals surface area contributed by atoms with Crippen LogP contribution < -0.4 is 4.57 Å². The number of benzene rings is 1. The summed E-state index contributed by atoms with van der Waals surface area (Å²) in [5, 5.41) is 0. The Balaban J connectivity index is 2.78. The third-order valence-electron chi connectivity index (χ3n) is 1.87. The molecule has 2 rings (SSSR count). The van der Waals surface area contributed by atoms with E-state index in [1.54, 1.807) is 6.44 Å². The molecule has 0 fully saturated rings. The molecule has 0 aliphatic rings. The van der Waals surface area contributed by atoms with Gasteiger partial charge in [-0.15, -0.1) is 0 Å². The monoisotopic (exact) mass is 294 g/mol. The van der Waals surface area contributed by atoms with Gasteiger partial charge in [-0.25, -0.2) is 0 Å². The van der Waals surface area contributed by atoms with Gasteiger partial charge in [0.1, 0.15) is 0 Å². The Morgan fingerprint density at radius 3 is 2.75 bits per heavy atom. The summed E-state index contributed by atoms with van der Waals surface area (Å²) < 4.78 is 5.48. The summed E-state index contributed by atoms with van der Waals surface area (Å²) in [4.78, 5) is 0. The van der Waals surface area contributed by atoms with Crippen LogP contribution in [0, 0.1) is 0 Å². The summed E-state index contributed by atoms with van der Waals surface area (Å²) in [6.45, 7) is 0. The third-order valence-corrected chi connectivity index (χ3v) is 7.37. The molecule has 0 amide bonds. The molecule has 62 valence electrons. The van der Waals surface area contributed by atoms with Crippen molar-refractivity contribution in [2.24, 2.45) is 7.05 Å². The minimum absolute atomic E-state index is 0.0569. The van der Waals surface area contributed by atoms with Crippen molar-refractivity contribution in [1.29, 1.82) is 0 Å². The second-order valence-electron chi connectivity index (χ2n) is 2.60. The van der Waals surface area contributed by atoms with Gasteiger partial charge in [-0.3, -0.25) is 0 Å². The first-order valence-electron chi connectivity index (χ1n) is 3.74. The number of thioether (sulfide) groups is 1. The van der Waals surface area contributed by atoms with E-state index in [-0.39, 0.29) is 20.4 Å². The molecule has 1 aromatic carbocycles. The molecule has 3 heteroatoms. The Bertz CT molecular complexity index is 408. The molecule has 0 aliphatic heterocycles. The van der Waals surface area contributed by atoms with Crippen LogP contribution in [0.3, 0.4) is 0 Å². The first-order valence-corrected chi connectivity index (χ1v) is 7.30. The Morgan fingerprint density at radius 2 is 2.08 bits per heavy atom. The number of rotatable bonds is 1. The fraction of sp³-hybridized carbons (Fsp3) is 0.222. The summed E-state index contributed by atoms with van der Waals surface area (Å²) in [7, 11) is 2.17. The third kappa shape index (κ3) is 1.31. The Hall–Kier alpha value is 0.0296. The van der Waals surface area contributed by atoms with E-state index in [1.807, 2.05) is 11.8 Å². The standard InChI is InChI=1S/C9H10NSTe/c1-10-7-5-3-4-6-8(7)12-9(10)11-2/h3-6H,1-2H3/q+1. The molecule has 0 saturated carbocycles. The molecule has 0 atom stereocenters. The number of hydrogen-bond donors (Lipinski definition) is 0. The molecular formula is C9H10NSTe+. The number of aryl methyl sites for hydroxylation is 1. The van der Waals surface area contributed by atoms with Gasteiger partial charge in [0.2, 0.25) is 0 Å². The maximum atomic E-state index is 2.34. The zero-order valence-electron chi connectivity index (χ0n) is 7.07. The van der Waals surface area contributed by atoms with E-state index < -0.39 is 0 Å². The fourth-order valence-electron chi connectivity index (χ4n) is 1.26. The number of aromatic nitrogens is 1. The van der Waals surface area contributed by atoms with E-state index in [0.29, 0.717) is 0 Å². The molecule has 2 aromatic rings. The first kappa shape index (κ1) is 8.62. The van der Waals surface area contributed by atoms with Crippen molar-refractivity contribution in [2.75, 3.05) is 6.26 Å². The molecule has 0 aliphatic carbocycles. The summed E-state index contributed by atoms with van der Waals surface area (Å²) in [5.74, 6) is 0. The van der Waals surface area contributed by atoms with Gasteiger partial charge in [0, 0.05) is 0 Å². The minimum atomic E-state index is -0.0569. The van der Waals surface area contributed by atoms with Gasteiger partial charge < -0.3 is 0 Å². The van der Waals surface area contributed by atoms with Gasteiger partial charge in [-0.2, -0.15) is 0 Å². The number of para-hydroxylation sites is 1. The second kappa shape index (κ2) is 3.41. The summed E-state index contributed by atoms with van der Waals surface area (Å²) >= 11 is 1.84. The van der Waals surface area contributed by atoms with Crippen molar-refractivity contribution in [3.8, 4) is 0 Å². The predicted octanol–water partition coefficient (Wildman–Crippen LogP) is 1.44. The number of hydrogen-bond acceptors (Lipinski definition) is 1. The quantitative estimate of drug-likeness (QED) is 0.437. The van der Waals surface area contributed by atoms with Crippen molar-refractivity contribution >= 4 is 41.1 Å². The fourth-order valence-corrected chi connectivity index (χ4v) is 5.54. The van der Waals surface area contributed by atoms with Crippen LogP contribution in [0.15, 0.2) is 27.3 Å². The Kier molecular flexibility index (Phi) is 2.45. The van der Waals surface area contributed by atoms with Crippen LogP contribution in [0.2, 0.25) is 0 Å². The molecule has 12 heavy (non-hydrogen) atoms. The van der Waals surface area contributed by atoms with E-state index in [9.17, 15) is 0 Å². The van der Waals surface area contributed by atoms with Crippen LogP contribution >= 0.6 is 11.8 Å². The zero-order chi connectivity index (χ0) is 8.55. The van der Waals surface area contributed by atoms with Crippen LogP contribution in [0.25, 0.3) is 8.92 Å². The Labute approximate surface area is 86.0 Å². The van der Waals surface area contributed by atoms with Crippen LogP contribution in [0.4, 0.5) is 0 Å². The van der Waals surface area contributed by atoms with Gasteiger partial charge in [0.25, 0.3) is 0 Å². The Morgan fingerprint density at radius 1 is 1.33 bits per heavy atom. The first-order chi connectivity index (χ1) is 5.83. The normalized spacial score (nSPS) is 10.8. The molecule has 0 bridgehead atoms. The SMILES string of the molecule is CSc1[te]c2ccccc2[n+]1C. The van der Waals surface area contributed by atoms with Gasteiger partial charge in [-0.1, -0.05) is 0 Å². The zero-order valence-corrected chi connectivity index (χ0v) is 10.2. The average Bonchev–Trinajstić information content (AvgIpc) is 2.44. The number of fused-ring (bicyclic) bond motifs is 1. The van der Waals surface area contributed by atoms with Gasteiger partial charge in [0.15, 0.2) is 0 Å². The summed E-state index contributed by atoms with van der Waals surface area (Å²) in [6.07, 6.45) is 2.17. The molecule has 0 N–H and O–H groups in total. The van der Waals surface area contributed by atoms with Crippen LogP contribution in [-0.2, 0) is 7.05 Å². The van der Waals surface area contributed by atoms with Crippen molar-refractivity contribution < 1.29 is 4.57 Å². The summed E-state index contributed by atoms with van der Waals surface area (Å²) in [5.41, 5.74) is 1.42. The van der Waals surface area contributed by atoms with Crippen molar-refractivity contribution in [2.45, 2.75) is 3.04 Å². The maximum absolute atomic E-state index is 2.34. The molecule has 0 saturated heterocycles. The summed E-state index contributed by atoms with van der Waals surface area (Å²) in [6, 6.07) is 8.73. The van der Waals surface area contributed by atoms with E-state index in [4.69, 9.17) is 0 Å². The molecule has 1 aromatic heterocycles. The van der Waals surface area contributed by atoms with Crippen LogP contribution in [-0.4, -0.2) is 26.7 Å². The van der Waals surface area contributed by atoms with Crippen molar-refractivity contribution in [3.63, 3.8) is 0 Å². The van der Waals surface area contributed by atoms with Gasteiger partial charge in [0.05, 0.1) is 0 Å². The molecular weight excluding hydrogens is 282 g/mol. The molecule has 1 nitrogen and oxygen atoms in total. The van der Waals surface area contributed by atoms with E-state index >= 15 is 0 Å². The van der Waals surface area contributed by atoms with Gasteiger partial charge >= 0.3 is 86.3 Å². The van der Waals surface area contributed by atoms with Crippen LogP contribution in [0.5, 0.6) is 0 Å². The molecule has 0 radical (unpaired) electrons. The predicted molar refractivity (Wildman–Crippen MR) is 53.8 cm³/mol. The van der Waals surface area contributed by atoms with Crippen molar-refractivity contribution in [1.82, 2.24) is 0 Å². The van der Waals surface area contributed by atoms with E-state index in [0.717, 1.165) is 0 Å². The second-order valence-corrected chi connectivity index (χ2v) is 7.14. The molecule has 1 heterocycles. The molecule has 0 unspecified atom stereocenters. The van der Waals surface area contributed by atoms with Crippen molar-refractivity contribution in [3.05, 3.63) is 24.3 Å².